The monoisotopic (exact) mass is 375 g/mol. The number of nitrogens with one attached hydrogen (secondary N) is 1. The van der Waals surface area contributed by atoms with E-state index in [4.69, 9.17) is 5.11 Å². The summed E-state index contributed by atoms with van der Waals surface area (Å²) in [6.07, 6.45) is 0. The molecule has 0 unspecified atom stereocenters. The summed E-state index contributed by atoms with van der Waals surface area (Å²) in [6, 6.07) is 7.98. The number of sulfonamides is 1. The normalized spacial score (nSPS) is 11.3. The molecule has 0 radical (unpaired) electrons. The van der Waals surface area contributed by atoms with Crippen LogP contribution in [0.15, 0.2) is 39.0 Å². The third-order valence-corrected chi connectivity index (χ3v) is 6.08. The first-order valence-electron chi connectivity index (χ1n) is 5.42. The number of rotatable bonds is 4. The van der Waals surface area contributed by atoms with E-state index in [1.54, 1.807) is 24.3 Å². The van der Waals surface area contributed by atoms with Crippen LogP contribution < -0.4 is 4.72 Å². The molecule has 2 N–H and O–H groups in total. The van der Waals surface area contributed by atoms with Crippen LogP contribution in [0, 0.1) is 6.92 Å². The summed E-state index contributed by atoms with van der Waals surface area (Å²) >= 11 is 3.94. The number of hydrogen-bond donors (Lipinski definition) is 2. The number of anilines is 1. The lowest BCUT2D eigenvalue weighted by Gasteiger charge is -2.07. The van der Waals surface area contributed by atoms with E-state index >= 15 is 0 Å². The van der Waals surface area contributed by atoms with Gasteiger partial charge in [-0.05, 0) is 41.1 Å². The van der Waals surface area contributed by atoms with Crippen molar-refractivity contribution in [2.24, 2.45) is 0 Å². The Labute approximate surface area is 128 Å². The lowest BCUT2D eigenvalue weighted by molar-refractivity contribution is 0.0702. The highest BCUT2D eigenvalue weighted by Gasteiger charge is 2.23. The van der Waals surface area contributed by atoms with E-state index in [-0.39, 0.29) is 13.6 Å². The Morgan fingerprint density at radius 3 is 2.40 bits per heavy atom. The number of carboxylic acids is 1. The predicted molar refractivity (Wildman–Crippen MR) is 81.0 cm³/mol. The number of aryl methyl sites for hydroxylation is 1. The fourth-order valence-corrected chi connectivity index (χ4v) is 4.94. The van der Waals surface area contributed by atoms with Gasteiger partial charge in [-0.2, -0.15) is 0 Å². The van der Waals surface area contributed by atoms with Gasteiger partial charge in [0.25, 0.3) is 10.0 Å². The van der Waals surface area contributed by atoms with Crippen LogP contribution in [0.2, 0.25) is 0 Å². The SMILES string of the molecule is Cc1ccc(NS(=O)(=O)c2cc(C(=O)O)sc2Br)cc1. The van der Waals surface area contributed by atoms with Gasteiger partial charge in [-0.1, -0.05) is 17.7 Å². The van der Waals surface area contributed by atoms with Crippen molar-refractivity contribution >= 4 is 48.9 Å². The molecule has 0 bridgehead atoms. The smallest absolute Gasteiger partial charge is 0.345 e. The Balaban J connectivity index is 2.35. The van der Waals surface area contributed by atoms with Gasteiger partial charge in [-0.3, -0.25) is 4.72 Å². The molecule has 2 rings (SSSR count). The van der Waals surface area contributed by atoms with Crippen molar-refractivity contribution in [3.05, 3.63) is 44.6 Å². The van der Waals surface area contributed by atoms with Crippen LogP contribution in [0.25, 0.3) is 0 Å². The lowest BCUT2D eigenvalue weighted by Crippen LogP contribution is -2.12. The number of aromatic carboxylic acids is 1. The van der Waals surface area contributed by atoms with Gasteiger partial charge in [-0.15, -0.1) is 11.3 Å². The second-order valence-electron chi connectivity index (χ2n) is 4.03. The molecule has 0 saturated heterocycles. The van der Waals surface area contributed by atoms with Crippen molar-refractivity contribution in [1.82, 2.24) is 0 Å². The fraction of sp³-hybridized carbons (Fsp3) is 0.0833. The Morgan fingerprint density at radius 1 is 1.30 bits per heavy atom. The molecule has 0 spiro atoms. The highest BCUT2D eigenvalue weighted by molar-refractivity contribution is 9.11. The van der Waals surface area contributed by atoms with Gasteiger partial charge >= 0.3 is 5.97 Å². The number of benzene rings is 1. The van der Waals surface area contributed by atoms with Gasteiger partial charge in [0.1, 0.15) is 9.77 Å². The van der Waals surface area contributed by atoms with Crippen molar-refractivity contribution in [2.75, 3.05) is 4.72 Å². The second-order valence-corrected chi connectivity index (χ2v) is 8.05. The number of hydrogen-bond acceptors (Lipinski definition) is 4. The molecule has 0 fully saturated rings. The minimum absolute atomic E-state index is 0.0406. The summed E-state index contributed by atoms with van der Waals surface area (Å²) in [5, 5.41) is 8.88. The number of carboxylic acid groups (broad SMARTS) is 1. The van der Waals surface area contributed by atoms with Crippen LogP contribution >= 0.6 is 27.3 Å². The molecule has 2 aromatic rings. The third kappa shape index (κ3) is 3.20. The maximum absolute atomic E-state index is 12.2. The van der Waals surface area contributed by atoms with E-state index in [9.17, 15) is 13.2 Å². The zero-order chi connectivity index (χ0) is 14.9. The molecule has 0 aliphatic heterocycles. The van der Waals surface area contributed by atoms with E-state index in [1.807, 2.05) is 6.92 Å². The summed E-state index contributed by atoms with van der Waals surface area (Å²) in [6.45, 7) is 1.90. The zero-order valence-corrected chi connectivity index (χ0v) is 13.5. The predicted octanol–water partition coefficient (Wildman–Crippen LogP) is 3.32. The summed E-state index contributed by atoms with van der Waals surface area (Å²) in [7, 11) is -3.82. The fourth-order valence-electron chi connectivity index (χ4n) is 1.47. The molecular formula is C12H10BrNO4S2. The van der Waals surface area contributed by atoms with Crippen LogP contribution in [0.4, 0.5) is 5.69 Å². The van der Waals surface area contributed by atoms with Gasteiger partial charge in [0.2, 0.25) is 0 Å². The molecule has 5 nitrogen and oxygen atoms in total. The molecule has 1 aromatic carbocycles. The molecule has 8 heteroatoms. The van der Waals surface area contributed by atoms with E-state index in [2.05, 4.69) is 20.7 Å². The Kier molecular flexibility index (Phi) is 4.17. The number of carbonyl (C=O) groups is 1. The second kappa shape index (κ2) is 5.55. The standard InChI is InChI=1S/C12H10BrNO4S2/c1-7-2-4-8(5-3-7)14-20(17,18)10-6-9(12(15)16)19-11(10)13/h2-6,14H,1H3,(H,15,16). The van der Waals surface area contributed by atoms with Crippen LogP contribution in [-0.4, -0.2) is 19.5 Å². The summed E-state index contributed by atoms with van der Waals surface area (Å²) in [4.78, 5) is 10.7. The van der Waals surface area contributed by atoms with Crippen LogP contribution in [0.1, 0.15) is 15.2 Å². The zero-order valence-electron chi connectivity index (χ0n) is 10.3. The van der Waals surface area contributed by atoms with Crippen molar-refractivity contribution in [1.29, 1.82) is 0 Å². The molecule has 0 amide bonds. The van der Waals surface area contributed by atoms with E-state index in [0.29, 0.717) is 5.69 Å². The van der Waals surface area contributed by atoms with Gasteiger partial charge in [0.15, 0.2) is 0 Å². The van der Waals surface area contributed by atoms with Crippen molar-refractivity contribution in [3.63, 3.8) is 0 Å². The largest absolute Gasteiger partial charge is 0.477 e. The Morgan fingerprint density at radius 2 is 1.90 bits per heavy atom. The molecular weight excluding hydrogens is 366 g/mol. The highest BCUT2D eigenvalue weighted by Crippen LogP contribution is 2.32. The molecule has 0 aliphatic carbocycles. The van der Waals surface area contributed by atoms with E-state index in [1.165, 1.54) is 0 Å². The van der Waals surface area contributed by atoms with Gasteiger partial charge in [-0.25, -0.2) is 13.2 Å². The molecule has 0 atom stereocenters. The molecule has 20 heavy (non-hydrogen) atoms. The van der Waals surface area contributed by atoms with Crippen molar-refractivity contribution < 1.29 is 18.3 Å². The first kappa shape index (κ1) is 15.0. The first-order valence-corrected chi connectivity index (χ1v) is 8.51. The molecule has 1 aromatic heterocycles. The van der Waals surface area contributed by atoms with Crippen LogP contribution in [-0.2, 0) is 10.0 Å². The van der Waals surface area contributed by atoms with E-state index < -0.39 is 16.0 Å². The maximum Gasteiger partial charge on any atom is 0.345 e. The van der Waals surface area contributed by atoms with Crippen molar-refractivity contribution in [2.45, 2.75) is 11.8 Å². The highest BCUT2D eigenvalue weighted by atomic mass is 79.9. The lowest BCUT2D eigenvalue weighted by atomic mass is 10.2. The molecule has 106 valence electrons. The quantitative estimate of drug-likeness (QED) is 0.858. The Hall–Kier alpha value is -1.38. The summed E-state index contributed by atoms with van der Waals surface area (Å²) < 4.78 is 27.1. The summed E-state index contributed by atoms with van der Waals surface area (Å²) in [5.41, 5.74) is 1.43. The third-order valence-electron chi connectivity index (χ3n) is 2.46. The van der Waals surface area contributed by atoms with Crippen LogP contribution in [0.5, 0.6) is 0 Å². The molecule has 0 aliphatic rings. The average molecular weight is 376 g/mol. The minimum atomic E-state index is -3.82. The topological polar surface area (TPSA) is 83.5 Å². The summed E-state index contributed by atoms with van der Waals surface area (Å²) in [5.74, 6) is -1.16. The van der Waals surface area contributed by atoms with Crippen molar-refractivity contribution in [3.8, 4) is 0 Å². The van der Waals surface area contributed by atoms with Crippen LogP contribution in [0.3, 0.4) is 0 Å². The number of halogens is 1. The average Bonchev–Trinajstić information content (AvgIpc) is 2.75. The van der Waals surface area contributed by atoms with Gasteiger partial charge in [0, 0.05) is 5.69 Å². The van der Waals surface area contributed by atoms with Gasteiger partial charge < -0.3 is 5.11 Å². The number of thiophene rings is 1. The maximum atomic E-state index is 12.2. The van der Waals surface area contributed by atoms with Gasteiger partial charge in [0.05, 0.1) is 3.79 Å². The molecule has 0 saturated carbocycles. The first-order chi connectivity index (χ1) is 9.29. The molecule has 1 heterocycles. The minimum Gasteiger partial charge on any atom is -0.477 e. The van der Waals surface area contributed by atoms with E-state index in [0.717, 1.165) is 23.0 Å². The Bertz CT molecular complexity index is 750.